The fraction of sp³-hybridized carbons (Fsp3) is 0.125. The van der Waals surface area contributed by atoms with Crippen LogP contribution >= 0.6 is 0 Å². The molecule has 114 valence electrons. The Morgan fingerprint density at radius 2 is 1.41 bits per heavy atom. The molecule has 0 radical (unpaired) electrons. The number of rotatable bonds is 5. The van der Waals surface area contributed by atoms with Crippen LogP contribution in [0.4, 0.5) is 0 Å². The molecule has 6 heteroatoms. The predicted molar refractivity (Wildman–Crippen MR) is 81.0 cm³/mol. The molecule has 1 N–H and O–H groups in total. The number of carbonyl (C=O) groups is 2. The number of hydrogen-bond acceptors (Lipinski definition) is 4. The van der Waals surface area contributed by atoms with Gasteiger partial charge in [-0.15, -0.1) is 0 Å². The molecule has 22 heavy (non-hydrogen) atoms. The van der Waals surface area contributed by atoms with Crippen molar-refractivity contribution in [1.29, 1.82) is 0 Å². The standard InChI is InChI=1S/C16H14O5S/c1-22(20,21)14-8-2-11(3-9-14)10-15(17)12-4-6-13(7-5-12)16(18)19/h2-9H,10H2,1H3,(H,18,19). The molecule has 0 saturated heterocycles. The first-order valence-electron chi connectivity index (χ1n) is 6.43. The lowest BCUT2D eigenvalue weighted by Crippen LogP contribution is -2.05. The molecule has 0 aliphatic carbocycles. The van der Waals surface area contributed by atoms with Crippen molar-refractivity contribution in [2.45, 2.75) is 11.3 Å². The maximum Gasteiger partial charge on any atom is 0.335 e. The summed E-state index contributed by atoms with van der Waals surface area (Å²) in [6, 6.07) is 11.8. The van der Waals surface area contributed by atoms with Crippen molar-refractivity contribution in [2.24, 2.45) is 0 Å². The summed E-state index contributed by atoms with van der Waals surface area (Å²) in [7, 11) is -3.25. The maximum atomic E-state index is 12.1. The Morgan fingerprint density at radius 3 is 1.86 bits per heavy atom. The van der Waals surface area contributed by atoms with Gasteiger partial charge in [0.25, 0.3) is 0 Å². The van der Waals surface area contributed by atoms with E-state index >= 15 is 0 Å². The fourth-order valence-corrected chi connectivity index (χ4v) is 2.57. The highest BCUT2D eigenvalue weighted by Gasteiger charge is 2.10. The lowest BCUT2D eigenvalue weighted by molar-refractivity contribution is 0.0696. The van der Waals surface area contributed by atoms with Crippen molar-refractivity contribution in [3.63, 3.8) is 0 Å². The summed E-state index contributed by atoms with van der Waals surface area (Å²) < 4.78 is 22.7. The number of hydrogen-bond donors (Lipinski definition) is 1. The van der Waals surface area contributed by atoms with Gasteiger partial charge in [-0.1, -0.05) is 24.3 Å². The van der Waals surface area contributed by atoms with E-state index in [1.807, 2.05) is 0 Å². The van der Waals surface area contributed by atoms with E-state index in [4.69, 9.17) is 5.11 Å². The Bertz CT molecular complexity index is 803. The monoisotopic (exact) mass is 318 g/mol. The predicted octanol–water partition coefficient (Wildman–Crippen LogP) is 2.21. The topological polar surface area (TPSA) is 88.5 Å². The van der Waals surface area contributed by atoms with E-state index in [0.29, 0.717) is 11.1 Å². The largest absolute Gasteiger partial charge is 0.478 e. The summed E-state index contributed by atoms with van der Waals surface area (Å²) in [4.78, 5) is 23.1. The number of aromatic carboxylic acids is 1. The molecule has 0 atom stereocenters. The zero-order chi connectivity index (χ0) is 16.3. The minimum Gasteiger partial charge on any atom is -0.478 e. The number of carboxylic acid groups (broad SMARTS) is 1. The normalized spacial score (nSPS) is 11.1. The van der Waals surface area contributed by atoms with Gasteiger partial charge in [0, 0.05) is 18.2 Å². The molecule has 0 aromatic heterocycles. The first kappa shape index (κ1) is 15.9. The van der Waals surface area contributed by atoms with Crippen LogP contribution in [-0.4, -0.2) is 31.5 Å². The van der Waals surface area contributed by atoms with Gasteiger partial charge in [0.15, 0.2) is 15.6 Å². The van der Waals surface area contributed by atoms with E-state index in [9.17, 15) is 18.0 Å². The van der Waals surface area contributed by atoms with Crippen LogP contribution in [0.2, 0.25) is 0 Å². The second kappa shape index (κ2) is 6.11. The molecule has 5 nitrogen and oxygen atoms in total. The van der Waals surface area contributed by atoms with Crippen molar-refractivity contribution in [2.75, 3.05) is 6.26 Å². The highest BCUT2D eigenvalue weighted by atomic mass is 32.2. The molecule has 0 spiro atoms. The van der Waals surface area contributed by atoms with Gasteiger partial charge < -0.3 is 5.11 Å². The van der Waals surface area contributed by atoms with E-state index < -0.39 is 15.8 Å². The van der Waals surface area contributed by atoms with Crippen LogP contribution in [0.15, 0.2) is 53.4 Å². The summed E-state index contributed by atoms with van der Waals surface area (Å²) in [6.45, 7) is 0. The second-order valence-corrected chi connectivity index (χ2v) is 6.91. The smallest absolute Gasteiger partial charge is 0.335 e. The average molecular weight is 318 g/mol. The molecule has 0 unspecified atom stereocenters. The SMILES string of the molecule is CS(=O)(=O)c1ccc(CC(=O)c2ccc(C(=O)O)cc2)cc1. The van der Waals surface area contributed by atoms with Gasteiger partial charge in [-0.25, -0.2) is 13.2 Å². The molecule has 0 bridgehead atoms. The summed E-state index contributed by atoms with van der Waals surface area (Å²) in [5.41, 5.74) is 1.23. The number of Topliss-reactive ketones (excluding diaryl/α,β-unsaturated/α-hetero) is 1. The Hall–Kier alpha value is -2.47. The van der Waals surface area contributed by atoms with Crippen molar-refractivity contribution >= 4 is 21.6 Å². The first-order valence-corrected chi connectivity index (χ1v) is 8.32. The maximum absolute atomic E-state index is 12.1. The van der Waals surface area contributed by atoms with Gasteiger partial charge in [-0.05, 0) is 29.8 Å². The van der Waals surface area contributed by atoms with Crippen molar-refractivity contribution < 1.29 is 23.1 Å². The Balaban J connectivity index is 2.13. The molecule has 2 aromatic rings. The highest BCUT2D eigenvalue weighted by Crippen LogP contribution is 2.13. The summed E-state index contributed by atoms with van der Waals surface area (Å²) in [5.74, 6) is -1.21. The van der Waals surface area contributed by atoms with Crippen LogP contribution in [-0.2, 0) is 16.3 Å². The van der Waals surface area contributed by atoms with Crippen molar-refractivity contribution in [3.05, 3.63) is 65.2 Å². The molecule has 0 saturated carbocycles. The quantitative estimate of drug-likeness (QED) is 0.854. The van der Waals surface area contributed by atoms with E-state index in [1.165, 1.54) is 36.4 Å². The molecule has 0 aliphatic heterocycles. The molecular weight excluding hydrogens is 304 g/mol. The van der Waals surface area contributed by atoms with E-state index in [0.717, 1.165) is 6.26 Å². The van der Waals surface area contributed by atoms with E-state index in [2.05, 4.69) is 0 Å². The van der Waals surface area contributed by atoms with Crippen LogP contribution in [0.5, 0.6) is 0 Å². The van der Waals surface area contributed by atoms with Gasteiger partial charge in [-0.2, -0.15) is 0 Å². The molecule has 0 amide bonds. The third-order valence-electron chi connectivity index (χ3n) is 3.17. The lowest BCUT2D eigenvalue weighted by atomic mass is 10.0. The molecule has 0 fully saturated rings. The van der Waals surface area contributed by atoms with Crippen molar-refractivity contribution in [1.82, 2.24) is 0 Å². The zero-order valence-electron chi connectivity index (χ0n) is 11.8. The highest BCUT2D eigenvalue weighted by molar-refractivity contribution is 7.90. The summed E-state index contributed by atoms with van der Waals surface area (Å²) in [5, 5.41) is 8.81. The van der Waals surface area contributed by atoms with Crippen LogP contribution in [0.1, 0.15) is 26.3 Å². The fourth-order valence-electron chi connectivity index (χ4n) is 1.94. The molecule has 0 aliphatic rings. The zero-order valence-corrected chi connectivity index (χ0v) is 12.6. The van der Waals surface area contributed by atoms with Crippen LogP contribution < -0.4 is 0 Å². The van der Waals surface area contributed by atoms with Gasteiger partial charge in [-0.3, -0.25) is 4.79 Å². The van der Waals surface area contributed by atoms with Crippen LogP contribution in [0.3, 0.4) is 0 Å². The van der Waals surface area contributed by atoms with E-state index in [1.54, 1.807) is 12.1 Å². The number of ketones is 1. The van der Waals surface area contributed by atoms with Gasteiger partial charge >= 0.3 is 5.97 Å². The number of sulfone groups is 1. The Kier molecular flexibility index (Phi) is 4.42. The van der Waals surface area contributed by atoms with Gasteiger partial charge in [0.05, 0.1) is 10.5 Å². The first-order chi connectivity index (χ1) is 10.3. The van der Waals surface area contributed by atoms with Crippen molar-refractivity contribution in [3.8, 4) is 0 Å². The van der Waals surface area contributed by atoms with E-state index in [-0.39, 0.29) is 22.7 Å². The molecular formula is C16H14O5S. The average Bonchev–Trinajstić information content (AvgIpc) is 2.47. The third-order valence-corrected chi connectivity index (χ3v) is 4.30. The summed E-state index contributed by atoms with van der Waals surface area (Å²) in [6.07, 6.45) is 1.24. The Morgan fingerprint density at radius 1 is 0.909 bits per heavy atom. The molecule has 2 aromatic carbocycles. The molecule has 0 heterocycles. The minimum absolute atomic E-state index is 0.119. The summed E-state index contributed by atoms with van der Waals surface area (Å²) >= 11 is 0. The Labute approximate surface area is 128 Å². The van der Waals surface area contributed by atoms with Gasteiger partial charge in [0.2, 0.25) is 0 Å². The second-order valence-electron chi connectivity index (χ2n) is 4.90. The third kappa shape index (κ3) is 3.79. The lowest BCUT2D eigenvalue weighted by Gasteiger charge is -2.04. The van der Waals surface area contributed by atoms with Gasteiger partial charge in [0.1, 0.15) is 0 Å². The number of benzene rings is 2. The van der Waals surface area contributed by atoms with Crippen LogP contribution in [0, 0.1) is 0 Å². The van der Waals surface area contributed by atoms with Crippen LogP contribution in [0.25, 0.3) is 0 Å². The minimum atomic E-state index is -3.25. The molecule has 2 rings (SSSR count). The number of carboxylic acids is 1. The number of carbonyl (C=O) groups excluding carboxylic acids is 1.